The van der Waals surface area contributed by atoms with E-state index in [0.717, 1.165) is 17.0 Å². The number of carbonyl (C=O) groups excluding carboxylic acids is 2. The summed E-state index contributed by atoms with van der Waals surface area (Å²) in [5.74, 6) is -2.08. The number of amides is 2. The van der Waals surface area contributed by atoms with Crippen LogP contribution in [0, 0.1) is 5.82 Å². The van der Waals surface area contributed by atoms with E-state index in [4.69, 9.17) is 9.47 Å². The second-order valence-electron chi connectivity index (χ2n) is 5.21. The predicted molar refractivity (Wildman–Crippen MR) is 88.0 cm³/mol. The molecule has 3 rings (SSSR count). The van der Waals surface area contributed by atoms with Crippen molar-refractivity contribution in [2.75, 3.05) is 19.1 Å². The maximum absolute atomic E-state index is 13.1. The highest BCUT2D eigenvalue weighted by molar-refractivity contribution is 6.45. The Morgan fingerprint density at radius 3 is 2.24 bits per heavy atom. The molecule has 25 heavy (non-hydrogen) atoms. The van der Waals surface area contributed by atoms with Gasteiger partial charge in [0, 0.05) is 6.07 Å². The molecule has 0 spiro atoms. The number of methoxy groups -OCH3 is 2. The van der Waals surface area contributed by atoms with Crippen LogP contribution >= 0.6 is 0 Å². The van der Waals surface area contributed by atoms with Gasteiger partial charge in [0.1, 0.15) is 17.3 Å². The Kier molecular flexibility index (Phi) is 4.14. The standard InChI is InChI=1S/C18H14FNO5/c1-24-12-7-8-13(14(9-12)25-2)20-17(22)15(16(21)18(20)23)10-3-5-11(19)6-4-10/h3-9,21H,1-2H3. The summed E-state index contributed by atoms with van der Waals surface area (Å²) in [5, 5.41) is 10.2. The zero-order valence-corrected chi connectivity index (χ0v) is 13.4. The van der Waals surface area contributed by atoms with Gasteiger partial charge in [-0.15, -0.1) is 0 Å². The van der Waals surface area contributed by atoms with Gasteiger partial charge in [0.15, 0.2) is 5.76 Å². The number of imide groups is 1. The van der Waals surface area contributed by atoms with Crippen LogP contribution in [0.4, 0.5) is 10.1 Å². The number of carbonyl (C=O) groups is 2. The topological polar surface area (TPSA) is 76.1 Å². The second kappa shape index (κ2) is 6.27. The summed E-state index contributed by atoms with van der Waals surface area (Å²) in [6.07, 6.45) is 0. The number of anilines is 1. The zero-order valence-electron chi connectivity index (χ0n) is 13.4. The van der Waals surface area contributed by atoms with Crippen LogP contribution in [0.1, 0.15) is 5.56 Å². The molecule has 2 amide bonds. The maximum atomic E-state index is 13.1. The first kappa shape index (κ1) is 16.5. The molecule has 1 heterocycles. The first-order chi connectivity index (χ1) is 12.0. The third-order valence-corrected chi connectivity index (χ3v) is 3.82. The van der Waals surface area contributed by atoms with Gasteiger partial charge >= 0.3 is 5.91 Å². The van der Waals surface area contributed by atoms with Gasteiger partial charge in [0.05, 0.1) is 25.5 Å². The van der Waals surface area contributed by atoms with Gasteiger partial charge in [0.25, 0.3) is 5.91 Å². The van der Waals surface area contributed by atoms with E-state index in [2.05, 4.69) is 0 Å². The lowest BCUT2D eigenvalue weighted by molar-refractivity contribution is -0.121. The predicted octanol–water partition coefficient (Wildman–Crippen LogP) is 2.69. The van der Waals surface area contributed by atoms with E-state index in [1.54, 1.807) is 6.07 Å². The Labute approximate surface area is 142 Å². The van der Waals surface area contributed by atoms with Gasteiger partial charge in [-0.3, -0.25) is 9.59 Å². The molecular weight excluding hydrogens is 329 g/mol. The van der Waals surface area contributed by atoms with Gasteiger partial charge in [-0.1, -0.05) is 12.1 Å². The van der Waals surface area contributed by atoms with Crippen LogP contribution in [0.2, 0.25) is 0 Å². The van der Waals surface area contributed by atoms with E-state index in [1.165, 1.54) is 38.5 Å². The van der Waals surface area contributed by atoms with E-state index in [9.17, 15) is 19.1 Å². The molecule has 1 aliphatic rings. The summed E-state index contributed by atoms with van der Waals surface area (Å²) in [4.78, 5) is 26.0. The molecule has 0 fully saturated rings. The molecule has 0 bridgehead atoms. The van der Waals surface area contributed by atoms with E-state index in [0.29, 0.717) is 5.75 Å². The molecule has 1 N–H and O–H groups in total. The molecule has 0 unspecified atom stereocenters. The quantitative estimate of drug-likeness (QED) is 0.864. The van der Waals surface area contributed by atoms with Crippen LogP contribution in [-0.4, -0.2) is 31.1 Å². The molecule has 0 saturated heterocycles. The SMILES string of the molecule is COc1ccc(N2C(=O)C(O)=C(c3ccc(F)cc3)C2=O)c(OC)c1. The van der Waals surface area contributed by atoms with Crippen molar-refractivity contribution in [2.45, 2.75) is 0 Å². The first-order valence-electron chi connectivity index (χ1n) is 7.28. The van der Waals surface area contributed by atoms with Gasteiger partial charge in [-0.2, -0.15) is 0 Å². The second-order valence-corrected chi connectivity index (χ2v) is 5.21. The summed E-state index contributed by atoms with van der Waals surface area (Å²) < 4.78 is 23.4. The largest absolute Gasteiger partial charge is 0.502 e. The fraction of sp³-hybridized carbons (Fsp3) is 0.111. The van der Waals surface area contributed by atoms with Gasteiger partial charge in [0.2, 0.25) is 0 Å². The molecule has 0 radical (unpaired) electrons. The number of rotatable bonds is 4. The number of ether oxygens (including phenoxy) is 2. The molecule has 0 aromatic heterocycles. The lowest BCUT2D eigenvalue weighted by Crippen LogP contribution is -2.31. The summed E-state index contributed by atoms with van der Waals surface area (Å²) in [6.45, 7) is 0. The monoisotopic (exact) mass is 343 g/mol. The fourth-order valence-electron chi connectivity index (χ4n) is 2.58. The Hall–Kier alpha value is -3.35. The lowest BCUT2D eigenvalue weighted by atomic mass is 10.1. The highest BCUT2D eigenvalue weighted by Crippen LogP contribution is 2.38. The molecule has 2 aromatic carbocycles. The Morgan fingerprint density at radius 1 is 0.960 bits per heavy atom. The summed E-state index contributed by atoms with van der Waals surface area (Å²) in [7, 11) is 2.86. The van der Waals surface area contributed by atoms with Crippen LogP contribution < -0.4 is 14.4 Å². The third-order valence-electron chi connectivity index (χ3n) is 3.82. The summed E-state index contributed by atoms with van der Waals surface area (Å²) in [5.41, 5.74) is 0.220. The van der Waals surface area contributed by atoms with Crippen LogP contribution in [-0.2, 0) is 9.59 Å². The van der Waals surface area contributed by atoms with E-state index in [1.807, 2.05) is 0 Å². The van der Waals surface area contributed by atoms with Crippen molar-refractivity contribution in [1.82, 2.24) is 0 Å². The highest BCUT2D eigenvalue weighted by Gasteiger charge is 2.41. The number of halogens is 1. The third kappa shape index (κ3) is 2.69. The average Bonchev–Trinajstić information content (AvgIpc) is 2.84. The number of hydrogen-bond acceptors (Lipinski definition) is 5. The molecule has 2 aromatic rings. The summed E-state index contributed by atoms with van der Waals surface area (Å²) >= 11 is 0. The molecule has 1 aliphatic heterocycles. The van der Waals surface area contributed by atoms with Crippen molar-refractivity contribution >= 4 is 23.1 Å². The smallest absolute Gasteiger partial charge is 0.301 e. The Balaban J connectivity index is 2.06. The minimum absolute atomic E-state index is 0.168. The van der Waals surface area contributed by atoms with Gasteiger partial charge in [-0.05, 0) is 29.8 Å². The highest BCUT2D eigenvalue weighted by atomic mass is 19.1. The number of aliphatic hydroxyl groups is 1. The van der Waals surface area contributed by atoms with Crippen LogP contribution in [0.5, 0.6) is 11.5 Å². The molecule has 0 saturated carbocycles. The van der Waals surface area contributed by atoms with Crippen molar-refractivity contribution < 1.29 is 28.6 Å². The Bertz CT molecular complexity index is 889. The van der Waals surface area contributed by atoms with Crippen molar-refractivity contribution in [2.24, 2.45) is 0 Å². The van der Waals surface area contributed by atoms with E-state index < -0.39 is 23.4 Å². The number of nitrogens with zero attached hydrogens (tertiary/aromatic N) is 1. The first-order valence-corrected chi connectivity index (χ1v) is 7.28. The van der Waals surface area contributed by atoms with Crippen molar-refractivity contribution in [3.05, 3.63) is 59.6 Å². The van der Waals surface area contributed by atoms with E-state index in [-0.39, 0.29) is 22.6 Å². The van der Waals surface area contributed by atoms with Crippen LogP contribution in [0.25, 0.3) is 5.57 Å². The van der Waals surface area contributed by atoms with Gasteiger partial charge in [-0.25, -0.2) is 9.29 Å². The average molecular weight is 343 g/mol. The van der Waals surface area contributed by atoms with Crippen LogP contribution in [0.15, 0.2) is 48.2 Å². The summed E-state index contributed by atoms with van der Waals surface area (Å²) in [6, 6.07) is 9.48. The minimum atomic E-state index is -0.882. The number of benzene rings is 2. The van der Waals surface area contributed by atoms with Crippen LogP contribution in [0.3, 0.4) is 0 Å². The number of aliphatic hydroxyl groups excluding tert-OH is 1. The van der Waals surface area contributed by atoms with Crippen molar-refractivity contribution in [3.63, 3.8) is 0 Å². The lowest BCUT2D eigenvalue weighted by Gasteiger charge is -2.18. The molecule has 6 nitrogen and oxygen atoms in total. The molecule has 128 valence electrons. The zero-order chi connectivity index (χ0) is 18.1. The minimum Gasteiger partial charge on any atom is -0.502 e. The molecule has 0 aliphatic carbocycles. The molecular formula is C18H14FNO5. The molecule has 7 heteroatoms. The number of hydrogen-bond donors (Lipinski definition) is 1. The fourth-order valence-corrected chi connectivity index (χ4v) is 2.58. The maximum Gasteiger partial charge on any atom is 0.301 e. The van der Waals surface area contributed by atoms with Crippen molar-refractivity contribution in [3.8, 4) is 11.5 Å². The normalized spacial score (nSPS) is 14.3. The van der Waals surface area contributed by atoms with Crippen molar-refractivity contribution in [1.29, 1.82) is 0 Å². The van der Waals surface area contributed by atoms with Gasteiger partial charge < -0.3 is 14.6 Å². The van der Waals surface area contributed by atoms with E-state index >= 15 is 0 Å². The molecule has 0 atom stereocenters. The Morgan fingerprint density at radius 2 is 1.64 bits per heavy atom.